The lowest BCUT2D eigenvalue weighted by Gasteiger charge is -1.99. The van der Waals surface area contributed by atoms with Gasteiger partial charge in [0.25, 0.3) is 0 Å². The molecule has 0 saturated carbocycles. The molecule has 0 aliphatic carbocycles. The molecule has 88 valence electrons. The van der Waals surface area contributed by atoms with Gasteiger partial charge in [-0.3, -0.25) is 0 Å². The fourth-order valence-electron chi connectivity index (χ4n) is 2.19. The van der Waals surface area contributed by atoms with E-state index < -0.39 is 0 Å². The molecule has 2 aromatic carbocycles. The topological polar surface area (TPSA) is 63.4 Å². The van der Waals surface area contributed by atoms with E-state index in [0.717, 1.165) is 22.2 Å². The van der Waals surface area contributed by atoms with Gasteiger partial charge in [-0.1, -0.05) is 30.3 Å². The number of aromatic nitrogens is 1. The van der Waals surface area contributed by atoms with Gasteiger partial charge in [0, 0.05) is 10.9 Å². The number of nitriles is 2. The summed E-state index contributed by atoms with van der Waals surface area (Å²) in [6.45, 7) is 0. The van der Waals surface area contributed by atoms with Gasteiger partial charge >= 0.3 is 0 Å². The molecular weight excluding hydrogens is 234 g/mol. The number of benzene rings is 2. The zero-order valence-corrected chi connectivity index (χ0v) is 10.0. The minimum absolute atomic E-state index is 0.610. The Labute approximate surface area is 110 Å². The second-order valence-corrected chi connectivity index (χ2v) is 4.22. The Bertz CT molecular complexity index is 827. The lowest BCUT2D eigenvalue weighted by Crippen LogP contribution is -1.82. The maximum atomic E-state index is 9.35. The van der Waals surface area contributed by atoms with Crippen LogP contribution in [0.3, 0.4) is 0 Å². The first kappa shape index (κ1) is 11.1. The third-order valence-corrected chi connectivity index (χ3v) is 3.12. The van der Waals surface area contributed by atoms with Crippen LogP contribution in [-0.4, -0.2) is 4.98 Å². The summed E-state index contributed by atoms with van der Waals surface area (Å²) in [5, 5.41) is 19.1. The molecule has 3 nitrogen and oxygen atoms in total. The van der Waals surface area contributed by atoms with Gasteiger partial charge in [0.05, 0.1) is 22.9 Å². The molecule has 0 saturated heterocycles. The standard InChI is InChI=1S/C16H9N3/c17-9-11-5-7-12(8-6-11)16-14(10-18)13-3-1-2-4-15(13)19-16/h1-8,19H. The predicted molar refractivity (Wildman–Crippen MR) is 73.2 cm³/mol. The zero-order valence-electron chi connectivity index (χ0n) is 10.0. The van der Waals surface area contributed by atoms with Crippen LogP contribution in [0, 0.1) is 22.7 Å². The summed E-state index contributed by atoms with van der Waals surface area (Å²) >= 11 is 0. The first-order valence-electron chi connectivity index (χ1n) is 5.85. The molecule has 0 atom stereocenters. The summed E-state index contributed by atoms with van der Waals surface area (Å²) in [5.74, 6) is 0. The molecule has 0 aliphatic heterocycles. The van der Waals surface area contributed by atoms with Gasteiger partial charge in [-0.15, -0.1) is 0 Å². The Hall–Kier alpha value is -3.04. The molecule has 0 amide bonds. The molecule has 3 aromatic rings. The number of hydrogen-bond acceptors (Lipinski definition) is 2. The molecule has 0 radical (unpaired) electrons. The summed E-state index contributed by atoms with van der Waals surface area (Å²) in [6.07, 6.45) is 0. The molecule has 0 fully saturated rings. The predicted octanol–water partition coefficient (Wildman–Crippen LogP) is 3.58. The molecule has 1 heterocycles. The lowest BCUT2D eigenvalue weighted by atomic mass is 10.0. The minimum atomic E-state index is 0.610. The van der Waals surface area contributed by atoms with Gasteiger partial charge in [0.15, 0.2) is 0 Å². The third kappa shape index (κ3) is 1.74. The van der Waals surface area contributed by atoms with E-state index in [4.69, 9.17) is 5.26 Å². The summed E-state index contributed by atoms with van der Waals surface area (Å²) in [4.78, 5) is 3.26. The van der Waals surface area contributed by atoms with Crippen LogP contribution >= 0.6 is 0 Å². The Kier molecular flexibility index (Phi) is 2.52. The molecule has 3 heteroatoms. The van der Waals surface area contributed by atoms with Crippen molar-refractivity contribution in [2.75, 3.05) is 0 Å². The maximum Gasteiger partial charge on any atom is 0.102 e. The Balaban J connectivity index is 2.25. The van der Waals surface area contributed by atoms with Crippen molar-refractivity contribution in [2.45, 2.75) is 0 Å². The number of nitrogens with zero attached hydrogens (tertiary/aromatic N) is 2. The van der Waals surface area contributed by atoms with Crippen molar-refractivity contribution < 1.29 is 0 Å². The first-order valence-corrected chi connectivity index (χ1v) is 5.85. The minimum Gasteiger partial charge on any atom is -0.353 e. The SMILES string of the molecule is N#Cc1ccc(-c2[nH]c3ccccc3c2C#N)cc1. The monoisotopic (exact) mass is 243 g/mol. The van der Waals surface area contributed by atoms with E-state index in [-0.39, 0.29) is 0 Å². The van der Waals surface area contributed by atoms with E-state index >= 15 is 0 Å². The second-order valence-electron chi connectivity index (χ2n) is 4.22. The van der Waals surface area contributed by atoms with Crippen LogP contribution in [0.1, 0.15) is 11.1 Å². The number of para-hydroxylation sites is 1. The number of hydrogen-bond donors (Lipinski definition) is 1. The highest BCUT2D eigenvalue weighted by Crippen LogP contribution is 2.29. The van der Waals surface area contributed by atoms with Gasteiger partial charge in [0.2, 0.25) is 0 Å². The van der Waals surface area contributed by atoms with Crippen molar-refractivity contribution in [3.63, 3.8) is 0 Å². The van der Waals surface area contributed by atoms with Crippen LogP contribution < -0.4 is 0 Å². The number of H-pyrrole nitrogens is 1. The van der Waals surface area contributed by atoms with E-state index in [0.29, 0.717) is 11.1 Å². The van der Waals surface area contributed by atoms with Crippen molar-refractivity contribution in [1.82, 2.24) is 4.98 Å². The van der Waals surface area contributed by atoms with Crippen molar-refractivity contribution in [2.24, 2.45) is 0 Å². The van der Waals surface area contributed by atoms with Crippen LogP contribution in [0.4, 0.5) is 0 Å². The summed E-state index contributed by atoms with van der Waals surface area (Å²) in [5.41, 5.74) is 3.90. The molecule has 0 aliphatic rings. The van der Waals surface area contributed by atoms with Crippen LogP contribution in [0.5, 0.6) is 0 Å². The van der Waals surface area contributed by atoms with Crippen LogP contribution in [0.25, 0.3) is 22.2 Å². The molecule has 1 N–H and O–H groups in total. The normalized spacial score (nSPS) is 10.0. The molecule has 0 bridgehead atoms. The Morgan fingerprint density at radius 3 is 2.26 bits per heavy atom. The highest BCUT2D eigenvalue weighted by molar-refractivity contribution is 5.93. The van der Waals surface area contributed by atoms with Crippen molar-refractivity contribution in [3.8, 4) is 23.4 Å². The number of rotatable bonds is 1. The maximum absolute atomic E-state index is 9.35. The highest BCUT2D eigenvalue weighted by atomic mass is 14.7. The van der Waals surface area contributed by atoms with E-state index in [1.54, 1.807) is 12.1 Å². The first-order chi connectivity index (χ1) is 9.33. The summed E-state index contributed by atoms with van der Waals surface area (Å²) < 4.78 is 0. The Morgan fingerprint density at radius 2 is 1.58 bits per heavy atom. The third-order valence-electron chi connectivity index (χ3n) is 3.12. The molecular formula is C16H9N3. The van der Waals surface area contributed by atoms with Gasteiger partial charge < -0.3 is 4.98 Å². The smallest absolute Gasteiger partial charge is 0.102 e. The average molecular weight is 243 g/mol. The molecule has 1 aromatic heterocycles. The van der Waals surface area contributed by atoms with E-state index in [9.17, 15) is 5.26 Å². The fraction of sp³-hybridized carbons (Fsp3) is 0. The number of aromatic amines is 1. The van der Waals surface area contributed by atoms with E-state index in [1.807, 2.05) is 36.4 Å². The summed E-state index contributed by atoms with van der Waals surface area (Å²) in [7, 11) is 0. The lowest BCUT2D eigenvalue weighted by molar-refractivity contribution is 1.42. The van der Waals surface area contributed by atoms with E-state index in [1.165, 1.54) is 0 Å². The Morgan fingerprint density at radius 1 is 0.842 bits per heavy atom. The quantitative estimate of drug-likeness (QED) is 0.710. The van der Waals surface area contributed by atoms with E-state index in [2.05, 4.69) is 17.1 Å². The van der Waals surface area contributed by atoms with Crippen molar-refractivity contribution in [1.29, 1.82) is 10.5 Å². The fourth-order valence-corrected chi connectivity index (χ4v) is 2.19. The number of nitrogens with one attached hydrogen (secondary N) is 1. The summed E-state index contributed by atoms with van der Waals surface area (Å²) in [6, 6.07) is 19.3. The largest absolute Gasteiger partial charge is 0.353 e. The van der Waals surface area contributed by atoms with Gasteiger partial charge in [0.1, 0.15) is 6.07 Å². The van der Waals surface area contributed by atoms with Crippen molar-refractivity contribution >= 4 is 10.9 Å². The van der Waals surface area contributed by atoms with Gasteiger partial charge in [-0.25, -0.2) is 0 Å². The van der Waals surface area contributed by atoms with Crippen LogP contribution in [-0.2, 0) is 0 Å². The molecule has 3 rings (SSSR count). The van der Waals surface area contributed by atoms with Crippen LogP contribution in [0.2, 0.25) is 0 Å². The van der Waals surface area contributed by atoms with Crippen LogP contribution in [0.15, 0.2) is 48.5 Å². The highest BCUT2D eigenvalue weighted by Gasteiger charge is 2.12. The number of fused-ring (bicyclic) bond motifs is 1. The molecule has 0 unspecified atom stereocenters. The average Bonchev–Trinajstić information content (AvgIpc) is 2.85. The van der Waals surface area contributed by atoms with Gasteiger partial charge in [-0.2, -0.15) is 10.5 Å². The zero-order chi connectivity index (χ0) is 13.2. The second kappa shape index (κ2) is 4.33. The van der Waals surface area contributed by atoms with Crippen molar-refractivity contribution in [3.05, 3.63) is 59.7 Å². The molecule has 19 heavy (non-hydrogen) atoms. The van der Waals surface area contributed by atoms with Gasteiger partial charge in [-0.05, 0) is 23.8 Å². The molecule has 0 spiro atoms.